The number of hydrogen-bond donors (Lipinski definition) is 0. The van der Waals surface area contributed by atoms with Gasteiger partial charge in [-0.15, -0.1) is 0 Å². The maximum atomic E-state index is 13.6. The standard InChI is InChI=1S/C13H15FN2O/c1-10-4-3-5-12(13(10)14)17-9-8-16-7-6-15-11(16)2/h3-7H,8-9H2,1-2H3. The zero-order valence-electron chi connectivity index (χ0n) is 9.98. The fourth-order valence-electron chi connectivity index (χ4n) is 1.63. The minimum atomic E-state index is -0.283. The smallest absolute Gasteiger partial charge is 0.167 e. The minimum absolute atomic E-state index is 0.283. The van der Waals surface area contributed by atoms with Gasteiger partial charge in [0.15, 0.2) is 11.6 Å². The highest BCUT2D eigenvalue weighted by Gasteiger charge is 2.05. The fourth-order valence-corrected chi connectivity index (χ4v) is 1.63. The summed E-state index contributed by atoms with van der Waals surface area (Å²) in [5, 5.41) is 0. The third-order valence-corrected chi connectivity index (χ3v) is 2.67. The number of aromatic nitrogens is 2. The van der Waals surface area contributed by atoms with E-state index >= 15 is 0 Å². The molecule has 17 heavy (non-hydrogen) atoms. The Morgan fingerprint density at radius 1 is 1.35 bits per heavy atom. The first-order valence-corrected chi connectivity index (χ1v) is 5.54. The molecule has 2 aromatic rings. The van der Waals surface area contributed by atoms with Gasteiger partial charge >= 0.3 is 0 Å². The summed E-state index contributed by atoms with van der Waals surface area (Å²) in [7, 11) is 0. The molecule has 1 heterocycles. The average molecular weight is 234 g/mol. The lowest BCUT2D eigenvalue weighted by Crippen LogP contribution is -2.09. The van der Waals surface area contributed by atoms with Gasteiger partial charge in [-0.05, 0) is 25.5 Å². The van der Waals surface area contributed by atoms with E-state index in [1.165, 1.54) is 0 Å². The Kier molecular flexibility index (Phi) is 3.42. The lowest BCUT2D eigenvalue weighted by molar-refractivity contribution is 0.282. The number of benzene rings is 1. The van der Waals surface area contributed by atoms with Gasteiger partial charge in [-0.1, -0.05) is 12.1 Å². The molecule has 90 valence electrons. The van der Waals surface area contributed by atoms with Crippen LogP contribution in [0.1, 0.15) is 11.4 Å². The highest BCUT2D eigenvalue weighted by molar-refractivity contribution is 5.29. The van der Waals surface area contributed by atoms with Crippen molar-refractivity contribution >= 4 is 0 Å². The average Bonchev–Trinajstić information content (AvgIpc) is 2.71. The lowest BCUT2D eigenvalue weighted by Gasteiger charge is -2.09. The van der Waals surface area contributed by atoms with Crippen LogP contribution < -0.4 is 4.74 Å². The van der Waals surface area contributed by atoms with Crippen LogP contribution in [0.3, 0.4) is 0 Å². The van der Waals surface area contributed by atoms with Crippen LogP contribution in [0.2, 0.25) is 0 Å². The van der Waals surface area contributed by atoms with Crippen LogP contribution in [0.4, 0.5) is 4.39 Å². The molecule has 0 aliphatic heterocycles. The van der Waals surface area contributed by atoms with E-state index in [2.05, 4.69) is 4.98 Å². The van der Waals surface area contributed by atoms with Gasteiger partial charge in [-0.2, -0.15) is 0 Å². The first kappa shape index (κ1) is 11.6. The van der Waals surface area contributed by atoms with Crippen molar-refractivity contribution < 1.29 is 9.13 Å². The van der Waals surface area contributed by atoms with Gasteiger partial charge in [0.2, 0.25) is 0 Å². The number of nitrogens with zero attached hydrogens (tertiary/aromatic N) is 2. The van der Waals surface area contributed by atoms with Crippen LogP contribution in [-0.4, -0.2) is 16.2 Å². The zero-order chi connectivity index (χ0) is 12.3. The van der Waals surface area contributed by atoms with E-state index in [-0.39, 0.29) is 5.82 Å². The molecule has 0 aliphatic carbocycles. The van der Waals surface area contributed by atoms with Crippen LogP contribution in [0.15, 0.2) is 30.6 Å². The van der Waals surface area contributed by atoms with Gasteiger partial charge in [0, 0.05) is 12.4 Å². The van der Waals surface area contributed by atoms with E-state index in [0.717, 1.165) is 5.82 Å². The topological polar surface area (TPSA) is 27.1 Å². The number of ether oxygens (including phenoxy) is 1. The molecular formula is C13H15FN2O. The predicted octanol–water partition coefficient (Wildman–Crippen LogP) is 2.72. The molecule has 2 rings (SSSR count). The quantitative estimate of drug-likeness (QED) is 0.813. The van der Waals surface area contributed by atoms with Gasteiger partial charge in [-0.25, -0.2) is 9.37 Å². The van der Waals surface area contributed by atoms with Crippen molar-refractivity contribution in [2.45, 2.75) is 20.4 Å². The van der Waals surface area contributed by atoms with Crippen molar-refractivity contribution in [1.29, 1.82) is 0 Å². The molecule has 0 aliphatic rings. The van der Waals surface area contributed by atoms with E-state index in [1.54, 1.807) is 31.3 Å². The normalized spacial score (nSPS) is 10.5. The molecule has 0 bridgehead atoms. The molecule has 0 saturated carbocycles. The lowest BCUT2D eigenvalue weighted by atomic mass is 10.2. The van der Waals surface area contributed by atoms with E-state index in [9.17, 15) is 4.39 Å². The molecule has 0 amide bonds. The molecule has 0 atom stereocenters. The first-order chi connectivity index (χ1) is 8.18. The molecule has 0 spiro atoms. The van der Waals surface area contributed by atoms with Crippen LogP contribution in [0.25, 0.3) is 0 Å². The second-order valence-electron chi connectivity index (χ2n) is 3.90. The van der Waals surface area contributed by atoms with Crippen molar-refractivity contribution in [2.24, 2.45) is 0 Å². The van der Waals surface area contributed by atoms with Gasteiger partial charge in [0.1, 0.15) is 12.4 Å². The zero-order valence-corrected chi connectivity index (χ0v) is 9.98. The number of imidazole rings is 1. The Morgan fingerprint density at radius 2 is 2.18 bits per heavy atom. The second-order valence-corrected chi connectivity index (χ2v) is 3.90. The third-order valence-electron chi connectivity index (χ3n) is 2.67. The Labute approximate surface area is 99.9 Å². The van der Waals surface area contributed by atoms with Gasteiger partial charge in [0.25, 0.3) is 0 Å². The van der Waals surface area contributed by atoms with E-state index in [0.29, 0.717) is 24.5 Å². The Morgan fingerprint density at radius 3 is 2.88 bits per heavy atom. The minimum Gasteiger partial charge on any atom is -0.489 e. The third kappa shape index (κ3) is 2.64. The molecule has 3 nitrogen and oxygen atoms in total. The molecule has 0 radical (unpaired) electrons. The molecule has 1 aromatic heterocycles. The van der Waals surface area contributed by atoms with Gasteiger partial charge in [-0.3, -0.25) is 0 Å². The van der Waals surface area contributed by atoms with Crippen LogP contribution in [-0.2, 0) is 6.54 Å². The molecule has 0 unspecified atom stereocenters. The van der Waals surface area contributed by atoms with Crippen molar-refractivity contribution in [3.8, 4) is 5.75 Å². The van der Waals surface area contributed by atoms with E-state index < -0.39 is 0 Å². The largest absolute Gasteiger partial charge is 0.489 e. The number of halogens is 1. The SMILES string of the molecule is Cc1cccc(OCCn2ccnc2C)c1F. The summed E-state index contributed by atoms with van der Waals surface area (Å²) in [5.74, 6) is 0.955. The Hall–Kier alpha value is -1.84. The van der Waals surface area contributed by atoms with Crippen LogP contribution in [0, 0.1) is 19.7 Å². The van der Waals surface area contributed by atoms with Crippen LogP contribution in [0.5, 0.6) is 5.75 Å². The molecule has 1 aromatic carbocycles. The first-order valence-electron chi connectivity index (χ1n) is 5.54. The van der Waals surface area contributed by atoms with E-state index in [1.807, 2.05) is 17.7 Å². The number of aryl methyl sites for hydroxylation is 2. The molecule has 4 heteroatoms. The predicted molar refractivity (Wildman–Crippen MR) is 63.6 cm³/mol. The highest BCUT2D eigenvalue weighted by Crippen LogP contribution is 2.19. The number of hydrogen-bond acceptors (Lipinski definition) is 2. The van der Waals surface area contributed by atoms with Crippen molar-refractivity contribution in [3.63, 3.8) is 0 Å². The molecule has 0 saturated heterocycles. The van der Waals surface area contributed by atoms with Crippen LogP contribution >= 0.6 is 0 Å². The van der Waals surface area contributed by atoms with Crippen molar-refractivity contribution in [3.05, 3.63) is 47.8 Å². The summed E-state index contributed by atoms with van der Waals surface area (Å²) in [6.45, 7) is 4.74. The molecule has 0 fully saturated rings. The summed E-state index contributed by atoms with van der Waals surface area (Å²) in [4.78, 5) is 4.11. The van der Waals surface area contributed by atoms with E-state index in [4.69, 9.17) is 4.74 Å². The fraction of sp³-hybridized carbons (Fsp3) is 0.308. The molecular weight excluding hydrogens is 219 g/mol. The summed E-state index contributed by atoms with van der Waals surface area (Å²) < 4.78 is 21.0. The maximum Gasteiger partial charge on any atom is 0.167 e. The number of rotatable bonds is 4. The maximum absolute atomic E-state index is 13.6. The Balaban J connectivity index is 1.95. The van der Waals surface area contributed by atoms with Gasteiger partial charge in [0.05, 0.1) is 6.54 Å². The summed E-state index contributed by atoms with van der Waals surface area (Å²) in [6.07, 6.45) is 3.62. The van der Waals surface area contributed by atoms with Crippen molar-refractivity contribution in [1.82, 2.24) is 9.55 Å². The molecule has 0 N–H and O–H groups in total. The summed E-state index contributed by atoms with van der Waals surface area (Å²) in [5.41, 5.74) is 0.598. The summed E-state index contributed by atoms with van der Waals surface area (Å²) >= 11 is 0. The second kappa shape index (κ2) is 4.99. The van der Waals surface area contributed by atoms with Crippen molar-refractivity contribution in [2.75, 3.05) is 6.61 Å². The Bertz CT molecular complexity index is 508. The summed E-state index contributed by atoms with van der Waals surface area (Å²) in [6, 6.07) is 5.15. The highest BCUT2D eigenvalue weighted by atomic mass is 19.1. The van der Waals surface area contributed by atoms with Gasteiger partial charge < -0.3 is 9.30 Å². The monoisotopic (exact) mass is 234 g/mol.